The lowest BCUT2D eigenvalue weighted by molar-refractivity contribution is -0.121. The zero-order chi connectivity index (χ0) is 15.9. The molecule has 3 rings (SSSR count). The van der Waals surface area contributed by atoms with Crippen molar-refractivity contribution in [3.8, 4) is 0 Å². The molecule has 0 atom stereocenters. The fraction of sp³-hybridized carbons (Fsp3) is 0.278. The highest BCUT2D eigenvalue weighted by molar-refractivity contribution is 7.98. The zero-order valence-electron chi connectivity index (χ0n) is 12.9. The lowest BCUT2D eigenvalue weighted by Gasteiger charge is -2.07. The highest BCUT2D eigenvalue weighted by Gasteiger charge is 2.04. The Morgan fingerprint density at radius 2 is 2.09 bits per heavy atom. The molecular formula is C18H20N2O2S. The maximum atomic E-state index is 11.9. The molecule has 0 spiro atoms. The maximum absolute atomic E-state index is 11.9. The standard InChI is InChI=1S/C18H20N2O2S/c21-18(19-9-13-23-14-16-5-3-12-22-16)8-11-20-10-7-15-4-1-2-6-17(15)20/h1-7,10,12H,8-9,11,13-14H2,(H,19,21). The van der Waals surface area contributed by atoms with E-state index in [9.17, 15) is 4.79 Å². The van der Waals surface area contributed by atoms with E-state index in [1.165, 1.54) is 10.9 Å². The van der Waals surface area contributed by atoms with Crippen LogP contribution in [-0.2, 0) is 17.1 Å². The van der Waals surface area contributed by atoms with Crippen LogP contribution in [0.5, 0.6) is 0 Å². The number of carbonyl (C=O) groups excluding carboxylic acids is 1. The predicted molar refractivity (Wildman–Crippen MR) is 94.4 cm³/mol. The summed E-state index contributed by atoms with van der Waals surface area (Å²) < 4.78 is 7.39. The van der Waals surface area contributed by atoms with E-state index in [2.05, 4.69) is 28.1 Å². The molecule has 0 unspecified atom stereocenters. The molecule has 0 aliphatic carbocycles. The van der Waals surface area contributed by atoms with E-state index < -0.39 is 0 Å². The SMILES string of the molecule is O=C(CCn1ccc2ccccc21)NCCSCc1ccco1. The molecule has 0 radical (unpaired) electrons. The number of nitrogens with zero attached hydrogens (tertiary/aromatic N) is 1. The van der Waals surface area contributed by atoms with Crippen LogP contribution in [0.25, 0.3) is 10.9 Å². The molecule has 4 nitrogen and oxygen atoms in total. The fourth-order valence-corrected chi connectivity index (χ4v) is 3.23. The third-order valence-electron chi connectivity index (χ3n) is 3.65. The van der Waals surface area contributed by atoms with Gasteiger partial charge in [0.2, 0.25) is 5.91 Å². The third-order valence-corrected chi connectivity index (χ3v) is 4.63. The summed E-state index contributed by atoms with van der Waals surface area (Å²) in [6, 6.07) is 14.2. The number of furan rings is 1. The molecule has 1 N–H and O–H groups in total. The average Bonchev–Trinajstić information content (AvgIpc) is 3.22. The molecule has 2 aromatic heterocycles. The van der Waals surface area contributed by atoms with Crippen molar-refractivity contribution in [2.45, 2.75) is 18.7 Å². The van der Waals surface area contributed by atoms with Gasteiger partial charge >= 0.3 is 0 Å². The maximum Gasteiger partial charge on any atom is 0.221 e. The Balaban J connectivity index is 1.35. The average molecular weight is 328 g/mol. The number of nitrogens with one attached hydrogen (secondary N) is 1. The van der Waals surface area contributed by atoms with Crippen LogP contribution in [0.3, 0.4) is 0 Å². The molecule has 0 bridgehead atoms. The summed E-state index contributed by atoms with van der Waals surface area (Å²) in [5.41, 5.74) is 1.18. The molecule has 3 aromatic rings. The molecular weight excluding hydrogens is 308 g/mol. The summed E-state index contributed by atoms with van der Waals surface area (Å²) in [4.78, 5) is 11.9. The molecule has 0 aliphatic rings. The molecule has 0 aliphatic heterocycles. The van der Waals surface area contributed by atoms with Crippen LogP contribution in [0.1, 0.15) is 12.2 Å². The van der Waals surface area contributed by atoms with E-state index in [4.69, 9.17) is 4.42 Å². The summed E-state index contributed by atoms with van der Waals surface area (Å²) in [6.07, 6.45) is 4.22. The normalized spacial score (nSPS) is 11.0. The minimum Gasteiger partial charge on any atom is -0.468 e. The van der Waals surface area contributed by atoms with E-state index in [0.717, 1.165) is 17.3 Å². The Labute approximate surface area is 139 Å². The number of aromatic nitrogens is 1. The number of fused-ring (bicyclic) bond motifs is 1. The van der Waals surface area contributed by atoms with Gasteiger partial charge < -0.3 is 14.3 Å². The lowest BCUT2D eigenvalue weighted by atomic mass is 10.2. The molecule has 2 heterocycles. The van der Waals surface area contributed by atoms with Crippen molar-refractivity contribution in [3.05, 3.63) is 60.7 Å². The number of thioether (sulfide) groups is 1. The lowest BCUT2D eigenvalue weighted by Crippen LogP contribution is -2.26. The first-order chi connectivity index (χ1) is 11.3. The predicted octanol–water partition coefficient (Wildman–Crippen LogP) is 3.67. The van der Waals surface area contributed by atoms with Gasteiger partial charge in [-0.2, -0.15) is 11.8 Å². The second-order valence-corrected chi connectivity index (χ2v) is 6.41. The van der Waals surface area contributed by atoms with Crippen LogP contribution in [0.2, 0.25) is 0 Å². The van der Waals surface area contributed by atoms with E-state index >= 15 is 0 Å². The van der Waals surface area contributed by atoms with Gasteiger partial charge in [-0.3, -0.25) is 4.79 Å². The van der Waals surface area contributed by atoms with E-state index in [-0.39, 0.29) is 5.91 Å². The number of hydrogen-bond acceptors (Lipinski definition) is 3. The highest BCUT2D eigenvalue weighted by Crippen LogP contribution is 2.15. The number of rotatable bonds is 8. The van der Waals surface area contributed by atoms with Gasteiger partial charge in [-0.25, -0.2) is 0 Å². The Hall–Kier alpha value is -2.14. The number of benzene rings is 1. The van der Waals surface area contributed by atoms with Crippen LogP contribution < -0.4 is 5.32 Å². The largest absolute Gasteiger partial charge is 0.468 e. The smallest absolute Gasteiger partial charge is 0.221 e. The van der Waals surface area contributed by atoms with Crippen LogP contribution in [0.4, 0.5) is 0 Å². The topological polar surface area (TPSA) is 47.2 Å². The van der Waals surface area contributed by atoms with Gasteiger partial charge in [0.05, 0.1) is 12.0 Å². The van der Waals surface area contributed by atoms with Gasteiger partial charge in [0, 0.05) is 37.0 Å². The first-order valence-electron chi connectivity index (χ1n) is 7.73. The van der Waals surface area contributed by atoms with Crippen molar-refractivity contribution >= 4 is 28.6 Å². The number of aryl methyl sites for hydroxylation is 1. The first-order valence-corrected chi connectivity index (χ1v) is 8.89. The summed E-state index contributed by atoms with van der Waals surface area (Å²) in [7, 11) is 0. The molecule has 0 saturated carbocycles. The summed E-state index contributed by atoms with van der Waals surface area (Å²) >= 11 is 1.76. The molecule has 5 heteroatoms. The fourth-order valence-electron chi connectivity index (χ4n) is 2.48. The first kappa shape index (κ1) is 15.7. The van der Waals surface area contributed by atoms with Crippen molar-refractivity contribution in [2.75, 3.05) is 12.3 Å². The minimum atomic E-state index is 0.0985. The van der Waals surface area contributed by atoms with Gasteiger partial charge in [0.1, 0.15) is 5.76 Å². The van der Waals surface area contributed by atoms with Crippen molar-refractivity contribution in [2.24, 2.45) is 0 Å². The highest BCUT2D eigenvalue weighted by atomic mass is 32.2. The summed E-state index contributed by atoms with van der Waals surface area (Å²) in [5, 5.41) is 4.18. The Bertz CT molecular complexity index is 749. The van der Waals surface area contributed by atoms with Gasteiger partial charge in [-0.05, 0) is 29.7 Å². The van der Waals surface area contributed by atoms with Crippen LogP contribution >= 0.6 is 11.8 Å². The van der Waals surface area contributed by atoms with Gasteiger partial charge in [-0.15, -0.1) is 0 Å². The quantitative estimate of drug-likeness (QED) is 0.642. The zero-order valence-corrected chi connectivity index (χ0v) is 13.7. The Morgan fingerprint density at radius 3 is 2.96 bits per heavy atom. The monoisotopic (exact) mass is 328 g/mol. The van der Waals surface area contributed by atoms with Crippen molar-refractivity contribution in [3.63, 3.8) is 0 Å². The molecule has 1 amide bonds. The second-order valence-electron chi connectivity index (χ2n) is 5.30. The van der Waals surface area contributed by atoms with Crippen LogP contribution in [0, 0.1) is 0 Å². The molecule has 120 valence electrons. The number of carbonyl (C=O) groups is 1. The van der Waals surface area contributed by atoms with Crippen molar-refractivity contribution in [1.29, 1.82) is 0 Å². The van der Waals surface area contributed by atoms with E-state index in [1.807, 2.05) is 30.5 Å². The molecule has 0 saturated heterocycles. The summed E-state index contributed by atoms with van der Waals surface area (Å²) in [6.45, 7) is 1.40. The number of para-hydroxylation sites is 1. The van der Waals surface area contributed by atoms with E-state index in [1.54, 1.807) is 18.0 Å². The molecule has 23 heavy (non-hydrogen) atoms. The molecule has 0 fully saturated rings. The second kappa shape index (κ2) is 7.92. The van der Waals surface area contributed by atoms with Crippen LogP contribution in [-0.4, -0.2) is 22.8 Å². The summed E-state index contributed by atoms with van der Waals surface area (Å²) in [5.74, 6) is 2.80. The van der Waals surface area contributed by atoms with E-state index in [0.29, 0.717) is 19.5 Å². The van der Waals surface area contributed by atoms with Gasteiger partial charge in [0.25, 0.3) is 0 Å². The minimum absolute atomic E-state index is 0.0985. The van der Waals surface area contributed by atoms with Crippen LogP contribution in [0.15, 0.2) is 59.3 Å². The number of hydrogen-bond donors (Lipinski definition) is 1. The third kappa shape index (κ3) is 4.42. The van der Waals surface area contributed by atoms with Gasteiger partial charge in [-0.1, -0.05) is 18.2 Å². The van der Waals surface area contributed by atoms with Crippen molar-refractivity contribution < 1.29 is 9.21 Å². The Kier molecular flexibility index (Phi) is 5.42. The van der Waals surface area contributed by atoms with Gasteiger partial charge in [0.15, 0.2) is 0 Å². The Morgan fingerprint density at radius 1 is 1.17 bits per heavy atom. The van der Waals surface area contributed by atoms with Crippen molar-refractivity contribution in [1.82, 2.24) is 9.88 Å². The number of amides is 1. The molecule has 1 aromatic carbocycles.